The number of carboxylic acids is 1. The molecule has 1 saturated heterocycles. The molecule has 1 N–H and O–H groups in total. The fourth-order valence-corrected chi connectivity index (χ4v) is 3.38. The number of aliphatic carboxylic acids is 1. The third kappa shape index (κ3) is 4.22. The molecule has 0 unspecified atom stereocenters. The summed E-state index contributed by atoms with van der Waals surface area (Å²) in [7, 11) is 0. The molecule has 0 aliphatic carbocycles. The Kier molecular flexibility index (Phi) is 5.12. The van der Waals surface area contributed by atoms with Gasteiger partial charge in [-0.05, 0) is 50.6 Å². The normalized spacial score (nSPS) is 19.0. The van der Waals surface area contributed by atoms with Crippen LogP contribution in [0.3, 0.4) is 0 Å². The number of hydrogen-bond donors (Lipinski definition) is 1. The molecule has 2 aromatic heterocycles. The number of likely N-dealkylation sites (tertiary alicyclic amines) is 1. The van der Waals surface area contributed by atoms with Crippen LogP contribution in [0.15, 0.2) is 35.1 Å². The number of furan rings is 1. The molecule has 0 aromatic carbocycles. The lowest BCUT2D eigenvalue weighted by atomic mass is 9.94. The Morgan fingerprint density at radius 2 is 2.35 bits per heavy atom. The summed E-state index contributed by atoms with van der Waals surface area (Å²) in [6.45, 7) is 3.08. The molecular formula is C17H23N3O3. The summed E-state index contributed by atoms with van der Waals surface area (Å²) in [6.07, 6.45) is 7.70. The molecule has 1 atom stereocenters. The molecule has 1 aliphatic heterocycles. The van der Waals surface area contributed by atoms with Crippen LogP contribution in [0.2, 0.25) is 0 Å². The van der Waals surface area contributed by atoms with Gasteiger partial charge in [-0.2, -0.15) is 5.10 Å². The molecule has 3 heterocycles. The van der Waals surface area contributed by atoms with Crippen LogP contribution in [0, 0.1) is 0 Å². The lowest BCUT2D eigenvalue weighted by molar-refractivity contribution is -0.137. The molecule has 23 heavy (non-hydrogen) atoms. The average Bonchev–Trinajstić information content (AvgIpc) is 3.19. The Balaban J connectivity index is 1.53. The lowest BCUT2D eigenvalue weighted by Crippen LogP contribution is -2.36. The van der Waals surface area contributed by atoms with Crippen molar-refractivity contribution in [1.82, 2.24) is 14.7 Å². The van der Waals surface area contributed by atoms with Crippen LogP contribution in [-0.4, -0.2) is 45.4 Å². The van der Waals surface area contributed by atoms with E-state index in [0.29, 0.717) is 5.92 Å². The van der Waals surface area contributed by atoms with Crippen molar-refractivity contribution in [3.8, 4) is 0 Å². The number of nitrogens with zero attached hydrogens (tertiary/aromatic N) is 3. The Labute approximate surface area is 135 Å². The fourth-order valence-electron chi connectivity index (χ4n) is 3.38. The lowest BCUT2D eigenvalue weighted by Gasteiger charge is -2.32. The van der Waals surface area contributed by atoms with Crippen molar-refractivity contribution in [3.63, 3.8) is 0 Å². The first-order chi connectivity index (χ1) is 11.2. The zero-order valence-corrected chi connectivity index (χ0v) is 13.2. The van der Waals surface area contributed by atoms with Gasteiger partial charge in [0.25, 0.3) is 0 Å². The number of piperidine rings is 1. The molecular weight excluding hydrogens is 294 g/mol. The number of aromatic nitrogens is 2. The van der Waals surface area contributed by atoms with Crippen LogP contribution in [0.25, 0.3) is 0 Å². The second-order valence-corrected chi connectivity index (χ2v) is 6.13. The number of carboxylic acid groups (broad SMARTS) is 1. The monoisotopic (exact) mass is 317 g/mol. The summed E-state index contributed by atoms with van der Waals surface area (Å²) in [5.41, 5.74) is 1.04. The van der Waals surface area contributed by atoms with Gasteiger partial charge in [0.2, 0.25) is 0 Å². The van der Waals surface area contributed by atoms with Crippen LogP contribution in [0.5, 0.6) is 0 Å². The fraction of sp³-hybridized carbons (Fsp3) is 0.529. The molecule has 0 bridgehead atoms. The molecule has 6 nitrogen and oxygen atoms in total. The van der Waals surface area contributed by atoms with Crippen molar-refractivity contribution in [2.75, 3.05) is 19.6 Å². The Hall–Kier alpha value is -2.08. The van der Waals surface area contributed by atoms with Gasteiger partial charge in [0, 0.05) is 30.8 Å². The quantitative estimate of drug-likeness (QED) is 0.849. The van der Waals surface area contributed by atoms with E-state index in [-0.39, 0.29) is 6.54 Å². The molecule has 1 fully saturated rings. The zero-order valence-electron chi connectivity index (χ0n) is 13.2. The highest BCUT2D eigenvalue weighted by Crippen LogP contribution is 2.27. The average molecular weight is 317 g/mol. The van der Waals surface area contributed by atoms with E-state index in [2.05, 4.69) is 10.00 Å². The molecule has 0 spiro atoms. The van der Waals surface area contributed by atoms with Crippen LogP contribution in [0.4, 0.5) is 0 Å². The Morgan fingerprint density at radius 1 is 1.43 bits per heavy atom. The van der Waals surface area contributed by atoms with E-state index in [1.807, 2.05) is 18.2 Å². The zero-order chi connectivity index (χ0) is 16.1. The topological polar surface area (TPSA) is 71.5 Å². The van der Waals surface area contributed by atoms with Gasteiger partial charge in [-0.3, -0.25) is 9.48 Å². The van der Waals surface area contributed by atoms with E-state index >= 15 is 0 Å². The molecule has 2 aromatic rings. The standard InChI is InChI=1S/C17H23N3O3/c21-17(22)13-20-16(7-8-18-20)14-4-1-9-19(12-14)10-2-5-15-6-3-11-23-15/h3,6-8,11,14H,1-2,4-5,9-10,12-13H2,(H,21,22)/t14-/m1/s1. The van der Waals surface area contributed by atoms with Crippen LogP contribution < -0.4 is 0 Å². The van der Waals surface area contributed by atoms with Gasteiger partial charge in [-0.25, -0.2) is 0 Å². The summed E-state index contributed by atoms with van der Waals surface area (Å²) in [4.78, 5) is 13.4. The molecule has 0 saturated carbocycles. The Bertz CT molecular complexity index is 621. The maximum Gasteiger partial charge on any atom is 0.325 e. The van der Waals surface area contributed by atoms with Gasteiger partial charge in [-0.1, -0.05) is 0 Å². The smallest absolute Gasteiger partial charge is 0.325 e. The summed E-state index contributed by atoms with van der Waals surface area (Å²) in [5, 5.41) is 13.1. The molecule has 124 valence electrons. The predicted octanol–water partition coefficient (Wildman–Crippen LogP) is 2.37. The minimum absolute atomic E-state index is 0.0582. The van der Waals surface area contributed by atoms with E-state index in [4.69, 9.17) is 9.52 Å². The number of carbonyl (C=O) groups is 1. The van der Waals surface area contributed by atoms with Gasteiger partial charge < -0.3 is 14.4 Å². The molecule has 0 amide bonds. The second-order valence-electron chi connectivity index (χ2n) is 6.13. The third-order valence-corrected chi connectivity index (χ3v) is 4.44. The summed E-state index contributed by atoms with van der Waals surface area (Å²) < 4.78 is 6.99. The number of hydrogen-bond acceptors (Lipinski definition) is 4. The summed E-state index contributed by atoms with van der Waals surface area (Å²) in [5.74, 6) is 0.563. The SMILES string of the molecule is O=C(O)Cn1nccc1[C@@H]1CCCN(CCCc2ccco2)C1. The highest BCUT2D eigenvalue weighted by atomic mass is 16.4. The van der Waals surface area contributed by atoms with Gasteiger partial charge >= 0.3 is 5.97 Å². The van der Waals surface area contributed by atoms with Crippen molar-refractivity contribution in [2.24, 2.45) is 0 Å². The second kappa shape index (κ2) is 7.46. The van der Waals surface area contributed by atoms with Crippen molar-refractivity contribution in [1.29, 1.82) is 0 Å². The van der Waals surface area contributed by atoms with E-state index in [1.54, 1.807) is 17.1 Å². The Morgan fingerprint density at radius 3 is 3.13 bits per heavy atom. The van der Waals surface area contributed by atoms with Crippen molar-refractivity contribution in [2.45, 2.75) is 38.1 Å². The molecule has 1 aliphatic rings. The predicted molar refractivity (Wildman–Crippen MR) is 85.3 cm³/mol. The van der Waals surface area contributed by atoms with E-state index < -0.39 is 5.97 Å². The first-order valence-corrected chi connectivity index (χ1v) is 8.20. The molecule has 6 heteroatoms. The summed E-state index contributed by atoms with van der Waals surface area (Å²) >= 11 is 0. The van der Waals surface area contributed by atoms with E-state index in [0.717, 1.165) is 56.8 Å². The number of aryl methyl sites for hydroxylation is 1. The number of rotatable bonds is 7. The van der Waals surface area contributed by atoms with Crippen molar-refractivity contribution in [3.05, 3.63) is 42.1 Å². The van der Waals surface area contributed by atoms with Crippen molar-refractivity contribution >= 4 is 5.97 Å². The van der Waals surface area contributed by atoms with Crippen LogP contribution in [0.1, 0.15) is 36.6 Å². The minimum atomic E-state index is -0.846. The van der Waals surface area contributed by atoms with E-state index in [1.165, 1.54) is 0 Å². The van der Waals surface area contributed by atoms with Crippen LogP contribution >= 0.6 is 0 Å². The van der Waals surface area contributed by atoms with Gasteiger partial charge in [0.1, 0.15) is 12.3 Å². The van der Waals surface area contributed by atoms with Gasteiger partial charge in [0.15, 0.2) is 0 Å². The maximum absolute atomic E-state index is 10.9. The largest absolute Gasteiger partial charge is 0.480 e. The molecule has 3 rings (SSSR count). The summed E-state index contributed by atoms with van der Waals surface area (Å²) in [6, 6.07) is 5.90. The first kappa shape index (κ1) is 15.8. The first-order valence-electron chi connectivity index (χ1n) is 8.20. The van der Waals surface area contributed by atoms with Gasteiger partial charge in [0.05, 0.1) is 6.26 Å². The molecule has 0 radical (unpaired) electrons. The van der Waals surface area contributed by atoms with Gasteiger partial charge in [-0.15, -0.1) is 0 Å². The highest BCUT2D eigenvalue weighted by molar-refractivity contribution is 5.66. The third-order valence-electron chi connectivity index (χ3n) is 4.44. The minimum Gasteiger partial charge on any atom is -0.480 e. The highest BCUT2D eigenvalue weighted by Gasteiger charge is 2.24. The van der Waals surface area contributed by atoms with Crippen LogP contribution in [-0.2, 0) is 17.8 Å². The van der Waals surface area contributed by atoms with Crippen molar-refractivity contribution < 1.29 is 14.3 Å². The maximum atomic E-state index is 10.9. The van der Waals surface area contributed by atoms with E-state index in [9.17, 15) is 4.79 Å².